The molecule has 0 saturated carbocycles. The summed E-state index contributed by atoms with van der Waals surface area (Å²) in [6.07, 6.45) is 1.72. The second-order valence-corrected chi connectivity index (χ2v) is 6.07. The number of hydrogen-bond acceptors (Lipinski definition) is 4. The van der Waals surface area contributed by atoms with Crippen molar-refractivity contribution in [2.75, 3.05) is 12.3 Å². The van der Waals surface area contributed by atoms with Gasteiger partial charge in [-0.25, -0.2) is 8.42 Å². The van der Waals surface area contributed by atoms with Gasteiger partial charge in [-0.1, -0.05) is 13.3 Å². The zero-order valence-electron chi connectivity index (χ0n) is 9.72. The smallest absolute Gasteiger partial charge is 0.325 e. The maximum atomic E-state index is 11.9. The van der Waals surface area contributed by atoms with E-state index in [9.17, 15) is 18.3 Å². The van der Waals surface area contributed by atoms with Crippen molar-refractivity contribution in [3.63, 3.8) is 0 Å². The third kappa shape index (κ3) is 2.42. The van der Waals surface area contributed by atoms with Gasteiger partial charge >= 0.3 is 5.97 Å². The maximum absolute atomic E-state index is 11.9. The first-order chi connectivity index (χ1) is 7.90. The van der Waals surface area contributed by atoms with Crippen LogP contribution in [0.5, 0.6) is 0 Å². The molecule has 0 aliphatic carbocycles. The number of carboxylic acid groups (broad SMARTS) is 1. The normalized spacial score (nSPS) is 25.6. The van der Waals surface area contributed by atoms with E-state index in [2.05, 4.69) is 0 Å². The summed E-state index contributed by atoms with van der Waals surface area (Å²) in [5, 5.41) is 17.8. The molecule has 0 spiro atoms. The van der Waals surface area contributed by atoms with Crippen molar-refractivity contribution in [3.8, 4) is 6.07 Å². The Hall–Kier alpha value is -1.13. The second kappa shape index (κ2) is 5.02. The summed E-state index contributed by atoms with van der Waals surface area (Å²) in [5.74, 6) is -1.77. The van der Waals surface area contributed by atoms with Gasteiger partial charge in [-0.2, -0.15) is 9.57 Å². The summed E-state index contributed by atoms with van der Waals surface area (Å²) >= 11 is 0. The van der Waals surface area contributed by atoms with Crippen LogP contribution in [0.15, 0.2) is 0 Å². The van der Waals surface area contributed by atoms with Gasteiger partial charge in [-0.3, -0.25) is 4.79 Å². The topological polar surface area (TPSA) is 98.5 Å². The van der Waals surface area contributed by atoms with E-state index in [1.807, 2.05) is 6.92 Å². The third-order valence-corrected chi connectivity index (χ3v) is 4.77. The zero-order chi connectivity index (χ0) is 13.1. The minimum Gasteiger partial charge on any atom is -0.480 e. The molecular weight excluding hydrogens is 244 g/mol. The number of rotatable bonds is 5. The highest BCUT2D eigenvalue weighted by Gasteiger charge is 2.51. The molecule has 1 heterocycles. The van der Waals surface area contributed by atoms with Crippen molar-refractivity contribution in [1.29, 1.82) is 5.26 Å². The van der Waals surface area contributed by atoms with Crippen LogP contribution in [-0.2, 0) is 14.8 Å². The maximum Gasteiger partial charge on any atom is 0.325 e. The van der Waals surface area contributed by atoms with Crippen molar-refractivity contribution in [1.82, 2.24) is 4.31 Å². The molecule has 1 N–H and O–H groups in total. The SMILES string of the molecule is CCCC1(C(=O)O)CCCN1S(=O)(=O)CC#N. The second-order valence-electron chi connectivity index (χ2n) is 4.18. The molecule has 0 aromatic heterocycles. The first kappa shape index (κ1) is 13.9. The lowest BCUT2D eigenvalue weighted by Crippen LogP contribution is -2.53. The molecule has 1 unspecified atom stereocenters. The van der Waals surface area contributed by atoms with Crippen LogP contribution in [0.3, 0.4) is 0 Å². The van der Waals surface area contributed by atoms with E-state index in [0.717, 1.165) is 4.31 Å². The largest absolute Gasteiger partial charge is 0.480 e. The monoisotopic (exact) mass is 260 g/mol. The molecule has 1 atom stereocenters. The first-order valence-electron chi connectivity index (χ1n) is 5.51. The zero-order valence-corrected chi connectivity index (χ0v) is 10.5. The molecular formula is C10H16N2O4S. The summed E-state index contributed by atoms with van der Waals surface area (Å²) in [6.45, 7) is 2.01. The summed E-state index contributed by atoms with van der Waals surface area (Å²) in [4.78, 5) is 11.4. The van der Waals surface area contributed by atoms with E-state index in [4.69, 9.17) is 5.26 Å². The van der Waals surface area contributed by atoms with Crippen LogP contribution in [0.2, 0.25) is 0 Å². The molecule has 1 aliphatic heterocycles. The van der Waals surface area contributed by atoms with Crippen LogP contribution < -0.4 is 0 Å². The quantitative estimate of drug-likeness (QED) is 0.778. The van der Waals surface area contributed by atoms with E-state index < -0.39 is 27.3 Å². The Morgan fingerprint density at radius 3 is 2.71 bits per heavy atom. The molecule has 0 amide bonds. The van der Waals surface area contributed by atoms with Crippen LogP contribution in [-0.4, -0.2) is 41.6 Å². The number of nitrogens with zero attached hydrogens (tertiary/aromatic N) is 2. The fourth-order valence-corrected chi connectivity index (χ4v) is 3.92. The molecule has 1 saturated heterocycles. The summed E-state index contributed by atoms with van der Waals surface area (Å²) in [7, 11) is -3.79. The summed E-state index contributed by atoms with van der Waals surface area (Å²) < 4.78 is 24.7. The number of aliphatic carboxylic acids is 1. The Kier molecular flexibility index (Phi) is 4.11. The minimum absolute atomic E-state index is 0.191. The van der Waals surface area contributed by atoms with Crippen molar-refractivity contribution in [3.05, 3.63) is 0 Å². The molecule has 0 radical (unpaired) electrons. The average Bonchev–Trinajstić information content (AvgIpc) is 2.64. The van der Waals surface area contributed by atoms with Gasteiger partial charge in [0.15, 0.2) is 5.75 Å². The van der Waals surface area contributed by atoms with Gasteiger partial charge in [0, 0.05) is 6.54 Å². The predicted octanol–water partition coefficient (Wildman–Crippen LogP) is 0.559. The first-order valence-corrected chi connectivity index (χ1v) is 7.12. The Morgan fingerprint density at radius 2 is 2.24 bits per heavy atom. The highest BCUT2D eigenvalue weighted by atomic mass is 32.2. The predicted molar refractivity (Wildman–Crippen MR) is 60.6 cm³/mol. The van der Waals surface area contributed by atoms with Gasteiger partial charge in [0.05, 0.1) is 6.07 Å². The fraction of sp³-hybridized carbons (Fsp3) is 0.800. The fourth-order valence-electron chi connectivity index (χ4n) is 2.40. The van der Waals surface area contributed by atoms with Gasteiger partial charge in [0.2, 0.25) is 10.0 Å². The van der Waals surface area contributed by atoms with Crippen molar-refractivity contribution >= 4 is 16.0 Å². The molecule has 0 bridgehead atoms. The van der Waals surface area contributed by atoms with Crippen LogP contribution in [0.25, 0.3) is 0 Å². The number of carboxylic acids is 1. The lowest BCUT2D eigenvalue weighted by Gasteiger charge is -2.33. The van der Waals surface area contributed by atoms with E-state index in [1.165, 1.54) is 0 Å². The molecule has 1 rings (SSSR count). The highest BCUT2D eigenvalue weighted by molar-refractivity contribution is 7.89. The molecule has 0 aromatic carbocycles. The molecule has 17 heavy (non-hydrogen) atoms. The van der Waals surface area contributed by atoms with E-state index in [0.29, 0.717) is 19.3 Å². The summed E-state index contributed by atoms with van der Waals surface area (Å²) in [6, 6.07) is 1.58. The number of carbonyl (C=O) groups is 1. The Labute approximate surface area is 101 Å². The molecule has 6 nitrogen and oxygen atoms in total. The molecule has 0 aromatic rings. The Morgan fingerprint density at radius 1 is 1.59 bits per heavy atom. The van der Waals surface area contributed by atoms with Crippen molar-refractivity contribution < 1.29 is 18.3 Å². The van der Waals surface area contributed by atoms with Gasteiger partial charge < -0.3 is 5.11 Å². The van der Waals surface area contributed by atoms with Gasteiger partial charge in [-0.15, -0.1) is 0 Å². The van der Waals surface area contributed by atoms with Crippen LogP contribution in [0.4, 0.5) is 0 Å². The van der Waals surface area contributed by atoms with Crippen molar-refractivity contribution in [2.45, 2.75) is 38.1 Å². The van der Waals surface area contributed by atoms with Gasteiger partial charge in [0.25, 0.3) is 0 Å². The molecule has 7 heteroatoms. The average molecular weight is 260 g/mol. The summed E-state index contributed by atoms with van der Waals surface area (Å²) in [5.41, 5.74) is -1.34. The van der Waals surface area contributed by atoms with Gasteiger partial charge in [0.1, 0.15) is 5.54 Å². The highest BCUT2D eigenvalue weighted by Crippen LogP contribution is 2.36. The lowest BCUT2D eigenvalue weighted by atomic mass is 9.92. The Balaban J connectivity index is 3.14. The van der Waals surface area contributed by atoms with E-state index >= 15 is 0 Å². The molecule has 1 aliphatic rings. The third-order valence-electron chi connectivity index (χ3n) is 3.07. The molecule has 96 valence electrons. The number of hydrogen-bond donors (Lipinski definition) is 1. The molecule has 1 fully saturated rings. The van der Waals surface area contributed by atoms with Crippen LogP contribution in [0, 0.1) is 11.3 Å². The van der Waals surface area contributed by atoms with Gasteiger partial charge in [-0.05, 0) is 19.3 Å². The number of nitriles is 1. The minimum atomic E-state index is -3.79. The standard InChI is InChI=1S/C10H16N2O4S/c1-2-4-10(9(13)14)5-3-7-12(10)17(15,16)8-6-11/h2-5,7-8H2,1H3,(H,13,14). The van der Waals surface area contributed by atoms with Crippen molar-refractivity contribution in [2.24, 2.45) is 0 Å². The van der Waals surface area contributed by atoms with Crippen LogP contribution in [0.1, 0.15) is 32.6 Å². The van der Waals surface area contributed by atoms with Crippen LogP contribution >= 0.6 is 0 Å². The Bertz CT molecular complexity index is 440. The van der Waals surface area contributed by atoms with E-state index in [1.54, 1.807) is 6.07 Å². The lowest BCUT2D eigenvalue weighted by molar-refractivity contribution is -0.147. The number of sulfonamides is 1. The van der Waals surface area contributed by atoms with E-state index in [-0.39, 0.29) is 13.0 Å².